The number of carbonyl (C=O) groups is 1. The van der Waals surface area contributed by atoms with Gasteiger partial charge in [0.05, 0.1) is 6.61 Å². The lowest BCUT2D eigenvalue weighted by Crippen LogP contribution is -2.28. The van der Waals surface area contributed by atoms with Crippen LogP contribution in [0.15, 0.2) is 16.8 Å². The molecule has 0 bridgehead atoms. The summed E-state index contributed by atoms with van der Waals surface area (Å²) in [6.45, 7) is 1.54. The predicted octanol–water partition coefficient (Wildman–Crippen LogP) is -0.327. The highest BCUT2D eigenvalue weighted by atomic mass is 16.6. The molecule has 0 unspecified atom stereocenters. The van der Waals surface area contributed by atoms with E-state index in [-0.39, 0.29) is 18.2 Å². The normalized spacial score (nSPS) is 12.6. The van der Waals surface area contributed by atoms with E-state index in [0.717, 1.165) is 0 Å². The topological polar surface area (TPSA) is 70.9 Å². The Bertz CT molecular complexity index is 234. The molecule has 0 rings (SSSR count). The van der Waals surface area contributed by atoms with Crippen LogP contribution >= 0.6 is 0 Å². The molecule has 5 nitrogen and oxygen atoms in total. The second kappa shape index (κ2) is 6.19. The van der Waals surface area contributed by atoms with Gasteiger partial charge in [-0.15, -0.1) is 0 Å². The molecule has 13 heavy (non-hydrogen) atoms. The highest BCUT2D eigenvalue weighted by Crippen LogP contribution is 1.97. The maximum atomic E-state index is 11.2. The zero-order valence-corrected chi connectivity index (χ0v) is 8.00. The molecule has 74 valence electrons. The van der Waals surface area contributed by atoms with Crippen LogP contribution in [-0.2, 0) is 9.63 Å². The van der Waals surface area contributed by atoms with Crippen molar-refractivity contribution in [3.63, 3.8) is 0 Å². The Kier molecular flexibility index (Phi) is 5.54. The molecular formula is C8H14N2O3. The van der Waals surface area contributed by atoms with Gasteiger partial charge in [-0.1, -0.05) is 11.2 Å². The van der Waals surface area contributed by atoms with Gasteiger partial charge < -0.3 is 15.3 Å². The van der Waals surface area contributed by atoms with E-state index in [1.165, 1.54) is 20.2 Å². The van der Waals surface area contributed by atoms with E-state index in [1.807, 2.05) is 0 Å². The summed E-state index contributed by atoms with van der Waals surface area (Å²) in [5.41, 5.74) is 0.739. The van der Waals surface area contributed by atoms with E-state index in [9.17, 15) is 4.79 Å². The fourth-order valence-electron chi connectivity index (χ4n) is 0.736. The van der Waals surface area contributed by atoms with Gasteiger partial charge in [0.1, 0.15) is 7.11 Å². The van der Waals surface area contributed by atoms with Crippen LogP contribution in [-0.4, -0.2) is 37.5 Å². The maximum absolute atomic E-state index is 11.2. The van der Waals surface area contributed by atoms with Gasteiger partial charge >= 0.3 is 0 Å². The van der Waals surface area contributed by atoms with Crippen LogP contribution in [0.1, 0.15) is 6.92 Å². The van der Waals surface area contributed by atoms with Crippen molar-refractivity contribution in [2.45, 2.75) is 6.92 Å². The largest absolute Gasteiger partial charge is 0.398 e. The van der Waals surface area contributed by atoms with Crippen molar-refractivity contribution in [3.8, 4) is 0 Å². The van der Waals surface area contributed by atoms with Gasteiger partial charge in [-0.05, 0) is 12.5 Å². The molecule has 0 saturated carbocycles. The smallest absolute Gasteiger partial charge is 0.273 e. The summed E-state index contributed by atoms with van der Waals surface area (Å²) < 4.78 is 0. The fraction of sp³-hybridized carbons (Fsp3) is 0.500. The molecule has 0 heterocycles. The molecule has 0 aliphatic rings. The molecule has 0 radical (unpaired) electrons. The number of nitrogens with zero attached hydrogens (tertiary/aromatic N) is 1. The molecule has 2 N–H and O–H groups in total. The van der Waals surface area contributed by atoms with E-state index in [2.05, 4.69) is 15.3 Å². The van der Waals surface area contributed by atoms with Crippen molar-refractivity contribution in [3.05, 3.63) is 11.6 Å². The standard InChI is InChI=1S/C8H14N2O3/c1-6(4-5-11)7(10-13-3)8(12)9-2/h4,11H,5H2,1-3H3,(H,9,12)/b6-4-,10-7+. The summed E-state index contributed by atoms with van der Waals surface area (Å²) >= 11 is 0. The number of hydrogen-bond acceptors (Lipinski definition) is 4. The predicted molar refractivity (Wildman–Crippen MR) is 49.4 cm³/mol. The third kappa shape index (κ3) is 3.71. The van der Waals surface area contributed by atoms with Crippen LogP contribution in [0.2, 0.25) is 0 Å². The highest BCUT2D eigenvalue weighted by molar-refractivity contribution is 6.44. The van der Waals surface area contributed by atoms with Crippen LogP contribution in [0.5, 0.6) is 0 Å². The molecule has 0 spiro atoms. The van der Waals surface area contributed by atoms with Gasteiger partial charge in [-0.2, -0.15) is 0 Å². The number of aliphatic hydroxyl groups is 1. The first-order valence-corrected chi connectivity index (χ1v) is 3.78. The molecule has 5 heteroatoms. The average Bonchev–Trinajstić information content (AvgIpc) is 2.13. The van der Waals surface area contributed by atoms with Crippen molar-refractivity contribution in [1.82, 2.24) is 5.32 Å². The number of nitrogens with one attached hydrogen (secondary N) is 1. The Hall–Kier alpha value is -1.36. The van der Waals surface area contributed by atoms with Gasteiger partial charge in [0.15, 0.2) is 5.71 Å². The van der Waals surface area contributed by atoms with E-state index in [0.29, 0.717) is 5.57 Å². The SMILES string of the molecule is CNC(=O)C(=N/OC)/C(C)=C\CO. The lowest BCUT2D eigenvalue weighted by molar-refractivity contribution is -0.114. The molecule has 0 aromatic heterocycles. The Balaban J connectivity index is 4.72. The third-order valence-electron chi connectivity index (χ3n) is 1.40. The zero-order chi connectivity index (χ0) is 10.3. The van der Waals surface area contributed by atoms with Gasteiger partial charge in [0.2, 0.25) is 0 Å². The summed E-state index contributed by atoms with van der Waals surface area (Å²) in [7, 11) is 2.86. The monoisotopic (exact) mass is 186 g/mol. The van der Waals surface area contributed by atoms with Crippen molar-refractivity contribution in [2.75, 3.05) is 20.8 Å². The Labute approximate surface area is 77.1 Å². The van der Waals surface area contributed by atoms with Crippen LogP contribution in [0.3, 0.4) is 0 Å². The summed E-state index contributed by atoms with van der Waals surface area (Å²) in [6, 6.07) is 0. The molecule has 0 fully saturated rings. The molecule has 0 aliphatic heterocycles. The van der Waals surface area contributed by atoms with E-state index in [4.69, 9.17) is 5.11 Å². The number of carbonyl (C=O) groups excluding carboxylic acids is 1. The van der Waals surface area contributed by atoms with Crippen LogP contribution in [0, 0.1) is 0 Å². The van der Waals surface area contributed by atoms with E-state index in [1.54, 1.807) is 6.92 Å². The number of oxime groups is 1. The van der Waals surface area contributed by atoms with E-state index >= 15 is 0 Å². The maximum Gasteiger partial charge on any atom is 0.273 e. The second-order valence-corrected chi connectivity index (χ2v) is 2.27. The third-order valence-corrected chi connectivity index (χ3v) is 1.40. The van der Waals surface area contributed by atoms with E-state index < -0.39 is 0 Å². The lowest BCUT2D eigenvalue weighted by Gasteiger charge is -2.03. The number of hydrogen-bond donors (Lipinski definition) is 2. The second-order valence-electron chi connectivity index (χ2n) is 2.27. The van der Waals surface area contributed by atoms with Crippen molar-refractivity contribution in [2.24, 2.45) is 5.16 Å². The average molecular weight is 186 g/mol. The van der Waals surface area contributed by atoms with Crippen LogP contribution < -0.4 is 5.32 Å². The minimum absolute atomic E-state index is 0.133. The molecule has 0 aliphatic carbocycles. The van der Waals surface area contributed by atoms with Gasteiger partial charge in [0.25, 0.3) is 5.91 Å². The molecule has 1 amide bonds. The first kappa shape index (κ1) is 11.6. The first-order valence-electron chi connectivity index (χ1n) is 3.78. The Morgan fingerprint density at radius 2 is 2.31 bits per heavy atom. The quantitative estimate of drug-likeness (QED) is 0.466. The summed E-state index contributed by atoms with van der Waals surface area (Å²) in [4.78, 5) is 15.7. The Morgan fingerprint density at radius 3 is 2.69 bits per heavy atom. The molecule has 0 aromatic rings. The van der Waals surface area contributed by atoms with Crippen LogP contribution in [0.25, 0.3) is 0 Å². The van der Waals surface area contributed by atoms with Gasteiger partial charge in [0, 0.05) is 7.05 Å². The van der Waals surface area contributed by atoms with Gasteiger partial charge in [-0.25, -0.2) is 0 Å². The minimum atomic E-state index is -0.343. The van der Waals surface area contributed by atoms with Crippen molar-refractivity contribution in [1.29, 1.82) is 0 Å². The van der Waals surface area contributed by atoms with Crippen LogP contribution in [0.4, 0.5) is 0 Å². The lowest BCUT2D eigenvalue weighted by atomic mass is 10.1. The van der Waals surface area contributed by atoms with Gasteiger partial charge in [-0.3, -0.25) is 4.79 Å². The van der Waals surface area contributed by atoms with Crippen molar-refractivity contribution >= 4 is 11.6 Å². The molecule has 0 saturated heterocycles. The minimum Gasteiger partial charge on any atom is -0.398 e. The number of amides is 1. The molecular weight excluding hydrogens is 172 g/mol. The Morgan fingerprint density at radius 1 is 1.69 bits per heavy atom. The van der Waals surface area contributed by atoms with Crippen molar-refractivity contribution < 1.29 is 14.7 Å². The fourth-order valence-corrected chi connectivity index (χ4v) is 0.736. The highest BCUT2D eigenvalue weighted by Gasteiger charge is 2.11. The molecule has 0 atom stereocenters. The summed E-state index contributed by atoms with van der Waals surface area (Å²) in [5, 5.41) is 14.6. The molecule has 0 aromatic carbocycles. The summed E-state index contributed by atoms with van der Waals surface area (Å²) in [5.74, 6) is -0.343. The summed E-state index contributed by atoms with van der Waals surface area (Å²) in [6.07, 6.45) is 1.48. The number of rotatable bonds is 4. The number of aliphatic hydroxyl groups excluding tert-OH is 1. The first-order chi connectivity index (χ1) is 6.17. The zero-order valence-electron chi connectivity index (χ0n) is 8.00.